The Kier molecular flexibility index (Phi) is 6.48. The monoisotopic (exact) mass is 292 g/mol. The van der Waals surface area contributed by atoms with Crippen LogP contribution in [0.25, 0.3) is 0 Å². The summed E-state index contributed by atoms with van der Waals surface area (Å²) < 4.78 is 13.0. The van der Waals surface area contributed by atoms with Crippen LogP contribution in [-0.4, -0.2) is 19.3 Å². The Hall–Kier alpha value is -0.0151. The molecule has 0 spiro atoms. The van der Waals surface area contributed by atoms with E-state index >= 15 is 0 Å². The van der Waals surface area contributed by atoms with Crippen molar-refractivity contribution in [2.75, 3.05) is 0 Å². The zero-order valence-electron chi connectivity index (χ0n) is 13.7. The van der Waals surface area contributed by atoms with E-state index in [1.165, 1.54) is 96.3 Å². The van der Waals surface area contributed by atoms with E-state index in [1.54, 1.807) is 0 Å². The molecule has 0 bridgehead atoms. The summed E-state index contributed by atoms with van der Waals surface area (Å²) in [5, 5.41) is 0. The fraction of sp³-hybridized carbons (Fsp3) is 1.00. The molecular formula is C18H33BO2. The fourth-order valence-electron chi connectivity index (χ4n) is 4.44. The van der Waals surface area contributed by atoms with E-state index in [4.69, 9.17) is 9.31 Å². The molecule has 3 aliphatic carbocycles. The second-order valence-electron chi connectivity index (χ2n) is 7.56. The molecule has 0 aromatic carbocycles. The standard InChI is InChI=1S/C18H33BO2/c1-4-10-16(11-5-1)19(20-17-12-6-2-7-13-17)21-18-14-8-3-9-15-18/h16-18H,1-15H2. The summed E-state index contributed by atoms with van der Waals surface area (Å²) in [5.74, 6) is 0.669. The predicted octanol–water partition coefficient (Wildman–Crippen LogP) is 5.51. The summed E-state index contributed by atoms with van der Waals surface area (Å²) in [6.45, 7) is 0. The fourth-order valence-corrected chi connectivity index (χ4v) is 4.44. The third-order valence-corrected chi connectivity index (χ3v) is 5.79. The Balaban J connectivity index is 1.55. The van der Waals surface area contributed by atoms with Crippen molar-refractivity contribution in [3.63, 3.8) is 0 Å². The van der Waals surface area contributed by atoms with Gasteiger partial charge in [-0.05, 0) is 31.5 Å². The highest BCUT2D eigenvalue weighted by molar-refractivity contribution is 6.46. The van der Waals surface area contributed by atoms with E-state index in [1.807, 2.05) is 0 Å². The molecule has 0 N–H and O–H groups in total. The van der Waals surface area contributed by atoms with E-state index in [0.717, 1.165) is 0 Å². The zero-order chi connectivity index (χ0) is 14.3. The lowest BCUT2D eigenvalue weighted by atomic mass is 9.63. The Morgan fingerprint density at radius 2 is 0.857 bits per heavy atom. The van der Waals surface area contributed by atoms with Gasteiger partial charge < -0.3 is 9.31 Å². The van der Waals surface area contributed by atoms with E-state index in [9.17, 15) is 0 Å². The summed E-state index contributed by atoms with van der Waals surface area (Å²) >= 11 is 0. The topological polar surface area (TPSA) is 18.5 Å². The minimum atomic E-state index is 0.108. The molecule has 120 valence electrons. The Morgan fingerprint density at radius 3 is 1.29 bits per heavy atom. The summed E-state index contributed by atoms with van der Waals surface area (Å²) in [7, 11) is 0.108. The van der Waals surface area contributed by atoms with Crippen LogP contribution in [0.3, 0.4) is 0 Å². The largest absolute Gasteiger partial charge is 0.460 e. The van der Waals surface area contributed by atoms with Gasteiger partial charge in [0.25, 0.3) is 0 Å². The minimum Gasteiger partial charge on any atom is -0.408 e. The third-order valence-electron chi connectivity index (χ3n) is 5.79. The van der Waals surface area contributed by atoms with Crippen molar-refractivity contribution in [3.8, 4) is 0 Å². The highest BCUT2D eigenvalue weighted by Crippen LogP contribution is 2.35. The first-order chi connectivity index (χ1) is 10.4. The van der Waals surface area contributed by atoms with Gasteiger partial charge in [-0.1, -0.05) is 70.6 Å². The van der Waals surface area contributed by atoms with Crippen molar-refractivity contribution in [2.24, 2.45) is 0 Å². The van der Waals surface area contributed by atoms with Gasteiger partial charge >= 0.3 is 7.12 Å². The molecule has 0 saturated heterocycles. The molecule has 0 aromatic rings. The average Bonchev–Trinajstić information content (AvgIpc) is 2.57. The first-order valence-corrected chi connectivity index (χ1v) is 9.73. The van der Waals surface area contributed by atoms with Crippen molar-refractivity contribution < 1.29 is 9.31 Å². The van der Waals surface area contributed by atoms with E-state index < -0.39 is 0 Å². The van der Waals surface area contributed by atoms with Crippen molar-refractivity contribution in [1.82, 2.24) is 0 Å². The van der Waals surface area contributed by atoms with Gasteiger partial charge in [0.1, 0.15) is 0 Å². The van der Waals surface area contributed by atoms with Crippen molar-refractivity contribution >= 4 is 7.12 Å². The van der Waals surface area contributed by atoms with E-state index in [-0.39, 0.29) is 7.12 Å². The van der Waals surface area contributed by atoms with Crippen LogP contribution in [0.1, 0.15) is 96.3 Å². The molecule has 0 aromatic heterocycles. The van der Waals surface area contributed by atoms with Gasteiger partial charge in [-0.2, -0.15) is 0 Å². The van der Waals surface area contributed by atoms with Crippen LogP contribution in [0.2, 0.25) is 5.82 Å². The lowest BCUT2D eigenvalue weighted by Gasteiger charge is -2.34. The van der Waals surface area contributed by atoms with Crippen LogP contribution in [0.15, 0.2) is 0 Å². The summed E-state index contributed by atoms with van der Waals surface area (Å²) in [4.78, 5) is 0. The van der Waals surface area contributed by atoms with Crippen LogP contribution in [-0.2, 0) is 9.31 Å². The first kappa shape index (κ1) is 15.9. The van der Waals surface area contributed by atoms with Crippen LogP contribution < -0.4 is 0 Å². The molecule has 3 fully saturated rings. The molecule has 0 amide bonds. The molecule has 21 heavy (non-hydrogen) atoms. The van der Waals surface area contributed by atoms with Crippen molar-refractivity contribution in [1.29, 1.82) is 0 Å². The van der Waals surface area contributed by atoms with Crippen LogP contribution in [0, 0.1) is 0 Å². The molecule has 0 heterocycles. The number of hydrogen-bond donors (Lipinski definition) is 0. The van der Waals surface area contributed by atoms with Gasteiger partial charge in [-0.25, -0.2) is 0 Å². The molecule has 0 aliphatic heterocycles. The van der Waals surface area contributed by atoms with Crippen molar-refractivity contribution in [3.05, 3.63) is 0 Å². The SMILES string of the molecule is C1CCC(OB(OC2CCCCC2)C2CCCCC2)CC1. The zero-order valence-corrected chi connectivity index (χ0v) is 13.7. The normalized spacial score (nSPS) is 26.9. The van der Waals surface area contributed by atoms with E-state index in [2.05, 4.69) is 0 Å². The Bertz CT molecular complexity index is 259. The Morgan fingerprint density at radius 1 is 0.476 bits per heavy atom. The van der Waals surface area contributed by atoms with Gasteiger partial charge in [-0.15, -0.1) is 0 Å². The van der Waals surface area contributed by atoms with Crippen LogP contribution in [0.4, 0.5) is 0 Å². The van der Waals surface area contributed by atoms with Gasteiger partial charge in [0, 0.05) is 12.2 Å². The predicted molar refractivity (Wildman–Crippen MR) is 88.5 cm³/mol. The molecule has 0 unspecified atom stereocenters. The second-order valence-corrected chi connectivity index (χ2v) is 7.56. The molecule has 0 atom stereocenters. The first-order valence-electron chi connectivity index (χ1n) is 9.73. The van der Waals surface area contributed by atoms with Gasteiger partial charge in [0.2, 0.25) is 0 Å². The minimum absolute atomic E-state index is 0.108. The van der Waals surface area contributed by atoms with Gasteiger partial charge in [-0.3, -0.25) is 0 Å². The number of hydrogen-bond acceptors (Lipinski definition) is 2. The summed E-state index contributed by atoms with van der Waals surface area (Å²) in [6, 6.07) is 0. The smallest absolute Gasteiger partial charge is 0.408 e. The van der Waals surface area contributed by atoms with Gasteiger partial charge in [0.05, 0.1) is 0 Å². The average molecular weight is 292 g/mol. The molecule has 2 nitrogen and oxygen atoms in total. The van der Waals surface area contributed by atoms with Gasteiger partial charge in [0.15, 0.2) is 0 Å². The molecular weight excluding hydrogens is 259 g/mol. The molecule has 3 saturated carbocycles. The molecule has 3 aliphatic rings. The van der Waals surface area contributed by atoms with Crippen LogP contribution in [0.5, 0.6) is 0 Å². The highest BCUT2D eigenvalue weighted by atomic mass is 16.6. The lowest BCUT2D eigenvalue weighted by molar-refractivity contribution is 0.0583. The maximum absolute atomic E-state index is 6.51. The second kappa shape index (κ2) is 8.57. The third kappa shape index (κ3) is 4.99. The molecule has 3 heteroatoms. The van der Waals surface area contributed by atoms with Crippen molar-refractivity contribution in [2.45, 2.75) is 114 Å². The number of rotatable bonds is 5. The summed E-state index contributed by atoms with van der Waals surface area (Å²) in [5.41, 5.74) is 0. The lowest BCUT2D eigenvalue weighted by Crippen LogP contribution is -2.39. The highest BCUT2D eigenvalue weighted by Gasteiger charge is 2.36. The maximum Gasteiger partial charge on any atom is 0.460 e. The maximum atomic E-state index is 6.51. The molecule has 3 rings (SSSR count). The Labute approximate surface area is 131 Å². The van der Waals surface area contributed by atoms with Crippen LogP contribution >= 0.6 is 0 Å². The summed E-state index contributed by atoms with van der Waals surface area (Å²) in [6.07, 6.45) is 21.0. The molecule has 0 radical (unpaired) electrons. The van der Waals surface area contributed by atoms with E-state index in [0.29, 0.717) is 18.0 Å². The quantitative estimate of drug-likeness (QED) is 0.622.